The number of hydrogen-bond acceptors (Lipinski definition) is 6. The minimum absolute atomic E-state index is 0.0133. The number of para-hydroxylation sites is 1. The summed E-state index contributed by atoms with van der Waals surface area (Å²) in [5.41, 5.74) is 1.64. The summed E-state index contributed by atoms with van der Waals surface area (Å²) in [6.07, 6.45) is 4.80. The van der Waals surface area contributed by atoms with Crippen LogP contribution in [-0.2, 0) is 9.47 Å². The fourth-order valence-electron chi connectivity index (χ4n) is 5.07. The molecule has 1 saturated heterocycles. The van der Waals surface area contributed by atoms with Crippen molar-refractivity contribution >= 4 is 5.97 Å². The number of benzene rings is 2. The van der Waals surface area contributed by atoms with E-state index in [9.17, 15) is 15.0 Å². The summed E-state index contributed by atoms with van der Waals surface area (Å²) in [6.45, 7) is 2.87. The third-order valence-corrected chi connectivity index (χ3v) is 6.84. The second-order valence-corrected chi connectivity index (χ2v) is 9.11. The van der Waals surface area contributed by atoms with Crippen molar-refractivity contribution < 1.29 is 29.2 Å². The molecule has 0 aromatic heterocycles. The molecule has 6 nitrogen and oxygen atoms in total. The second-order valence-electron chi connectivity index (χ2n) is 9.11. The fraction of sp³-hybridized carbons (Fsp3) is 0.464. The van der Waals surface area contributed by atoms with Crippen LogP contribution in [0.2, 0.25) is 0 Å². The summed E-state index contributed by atoms with van der Waals surface area (Å²) in [6, 6.07) is 17.0. The number of carbonyl (C=O) groups is 1. The van der Waals surface area contributed by atoms with E-state index in [1.807, 2.05) is 54.6 Å². The highest BCUT2D eigenvalue weighted by atomic mass is 16.5. The Bertz CT molecular complexity index is 958. The maximum Gasteiger partial charge on any atom is 0.338 e. The number of rotatable bonds is 8. The summed E-state index contributed by atoms with van der Waals surface area (Å²) in [7, 11) is 0. The maximum absolute atomic E-state index is 12.1. The zero-order valence-corrected chi connectivity index (χ0v) is 19.6. The lowest BCUT2D eigenvalue weighted by molar-refractivity contribution is 0.0286. The van der Waals surface area contributed by atoms with Crippen molar-refractivity contribution in [3.63, 3.8) is 0 Å². The van der Waals surface area contributed by atoms with Gasteiger partial charge in [0, 0.05) is 18.3 Å². The molecule has 1 aliphatic carbocycles. The van der Waals surface area contributed by atoms with Crippen LogP contribution in [0.1, 0.15) is 48.0 Å². The lowest BCUT2D eigenvalue weighted by Crippen LogP contribution is -2.22. The smallest absolute Gasteiger partial charge is 0.338 e. The molecule has 2 aromatic carbocycles. The molecular weight excluding hydrogens is 432 g/mol. The molecule has 2 fully saturated rings. The highest BCUT2D eigenvalue weighted by Gasteiger charge is 2.43. The van der Waals surface area contributed by atoms with Crippen molar-refractivity contribution in [2.45, 2.75) is 50.4 Å². The predicted octanol–water partition coefficient (Wildman–Crippen LogP) is 4.12. The average Bonchev–Trinajstić information content (AvgIpc) is 3.01. The van der Waals surface area contributed by atoms with Gasteiger partial charge in [0.15, 0.2) is 0 Å². The third kappa shape index (κ3) is 6.06. The molecule has 6 heteroatoms. The molecule has 34 heavy (non-hydrogen) atoms. The highest BCUT2D eigenvalue weighted by molar-refractivity contribution is 5.89. The summed E-state index contributed by atoms with van der Waals surface area (Å²) in [5, 5.41) is 21.0. The van der Waals surface area contributed by atoms with Crippen LogP contribution in [0, 0.1) is 11.8 Å². The first-order valence-corrected chi connectivity index (χ1v) is 12.2. The lowest BCUT2D eigenvalue weighted by atomic mass is 9.85. The van der Waals surface area contributed by atoms with Gasteiger partial charge in [-0.25, -0.2) is 4.79 Å². The Kier molecular flexibility index (Phi) is 8.38. The maximum atomic E-state index is 12.1. The Morgan fingerprint density at radius 1 is 1.18 bits per heavy atom. The van der Waals surface area contributed by atoms with E-state index in [0.717, 1.165) is 18.4 Å². The normalized spacial score (nSPS) is 27.7. The topological polar surface area (TPSA) is 85.2 Å². The predicted molar refractivity (Wildman–Crippen MR) is 129 cm³/mol. The van der Waals surface area contributed by atoms with E-state index >= 15 is 0 Å². The van der Waals surface area contributed by atoms with Crippen LogP contribution in [0.25, 0.3) is 0 Å². The van der Waals surface area contributed by atoms with Crippen LogP contribution in [0.15, 0.2) is 66.7 Å². The molecule has 182 valence electrons. The van der Waals surface area contributed by atoms with E-state index in [1.54, 1.807) is 19.1 Å². The Hall–Kier alpha value is -2.67. The van der Waals surface area contributed by atoms with Crippen LogP contribution >= 0.6 is 0 Å². The lowest BCUT2D eigenvalue weighted by Gasteiger charge is -2.21. The van der Waals surface area contributed by atoms with E-state index in [2.05, 4.69) is 0 Å². The van der Waals surface area contributed by atoms with E-state index < -0.39 is 12.2 Å². The molecule has 0 amide bonds. The van der Waals surface area contributed by atoms with Gasteiger partial charge in [-0.05, 0) is 55.5 Å². The van der Waals surface area contributed by atoms with Crippen LogP contribution in [0.3, 0.4) is 0 Å². The Labute approximate surface area is 201 Å². The van der Waals surface area contributed by atoms with Gasteiger partial charge in [-0.1, -0.05) is 42.5 Å². The minimum Gasteiger partial charge on any atom is -0.491 e. The molecule has 0 bridgehead atoms. The summed E-state index contributed by atoms with van der Waals surface area (Å²) in [5.74, 6) is 0.712. The van der Waals surface area contributed by atoms with Crippen LogP contribution in [0.4, 0.5) is 0 Å². The largest absolute Gasteiger partial charge is 0.491 e. The third-order valence-electron chi connectivity index (χ3n) is 6.84. The van der Waals surface area contributed by atoms with Crippen molar-refractivity contribution in [3.05, 3.63) is 77.9 Å². The van der Waals surface area contributed by atoms with Gasteiger partial charge >= 0.3 is 5.97 Å². The number of aliphatic hydroxyl groups is 2. The van der Waals surface area contributed by atoms with Crippen LogP contribution in [0.5, 0.6) is 5.75 Å². The number of esters is 1. The Balaban J connectivity index is 1.36. The molecule has 0 radical (unpaired) electrons. The van der Waals surface area contributed by atoms with Gasteiger partial charge < -0.3 is 24.4 Å². The molecule has 1 saturated carbocycles. The fourth-order valence-corrected chi connectivity index (χ4v) is 5.07. The van der Waals surface area contributed by atoms with Gasteiger partial charge in [0.2, 0.25) is 0 Å². The molecule has 0 spiro atoms. The quantitative estimate of drug-likeness (QED) is 0.450. The van der Waals surface area contributed by atoms with Gasteiger partial charge in [-0.15, -0.1) is 0 Å². The number of fused-ring (bicyclic) bond motifs is 1. The van der Waals surface area contributed by atoms with Crippen molar-refractivity contribution in [3.8, 4) is 5.75 Å². The van der Waals surface area contributed by atoms with Gasteiger partial charge in [0.1, 0.15) is 18.5 Å². The van der Waals surface area contributed by atoms with E-state index in [0.29, 0.717) is 30.9 Å². The minimum atomic E-state index is -0.753. The Morgan fingerprint density at radius 3 is 2.79 bits per heavy atom. The molecule has 2 N–H and O–H groups in total. The van der Waals surface area contributed by atoms with Gasteiger partial charge in [0.25, 0.3) is 0 Å². The monoisotopic (exact) mass is 466 g/mol. The van der Waals surface area contributed by atoms with Crippen molar-refractivity contribution in [1.82, 2.24) is 0 Å². The van der Waals surface area contributed by atoms with E-state index in [-0.39, 0.29) is 36.4 Å². The highest BCUT2D eigenvalue weighted by Crippen LogP contribution is 2.43. The number of carbonyl (C=O) groups excluding carboxylic acids is 1. The van der Waals surface area contributed by atoms with Gasteiger partial charge in [0.05, 0.1) is 31.0 Å². The molecule has 6 atom stereocenters. The molecule has 4 rings (SSSR count). The van der Waals surface area contributed by atoms with Gasteiger partial charge in [-0.3, -0.25) is 0 Å². The first-order valence-electron chi connectivity index (χ1n) is 12.2. The molecule has 2 aromatic rings. The molecule has 1 heterocycles. The number of ether oxygens (including phenoxy) is 3. The first kappa shape index (κ1) is 24.5. The molecule has 1 aliphatic heterocycles. The van der Waals surface area contributed by atoms with Crippen molar-refractivity contribution in [1.29, 1.82) is 0 Å². The first-order chi connectivity index (χ1) is 16.5. The second kappa shape index (κ2) is 11.6. The number of aliphatic hydroxyl groups excluding tert-OH is 2. The van der Waals surface area contributed by atoms with E-state index in [4.69, 9.17) is 14.2 Å². The summed E-state index contributed by atoms with van der Waals surface area (Å²) < 4.78 is 17.0. The summed E-state index contributed by atoms with van der Waals surface area (Å²) in [4.78, 5) is 12.1. The zero-order valence-electron chi connectivity index (χ0n) is 19.6. The number of hydrogen-bond donors (Lipinski definition) is 2. The standard InChI is InChI=1S/C28H34O6/c1-2-32-28(31)20-8-6-7-19(15-20)21-11-13-25-24(26(30)16-27(25)34-17-21)14-12-22(29)18-33-23-9-4-3-5-10-23/h3-10,12,14-15,21-22,24-27,29-30H,2,11,13,16-18H2,1H3/b14-12+/t21-,22-,24-,25-,26-,27+/m1/s1. The van der Waals surface area contributed by atoms with Crippen LogP contribution < -0.4 is 4.74 Å². The Morgan fingerprint density at radius 2 is 2.00 bits per heavy atom. The average molecular weight is 467 g/mol. The summed E-state index contributed by atoms with van der Waals surface area (Å²) >= 11 is 0. The SMILES string of the molecule is CCOC(=O)c1cccc([C@@H]2CC[C@@H]3[C@@H](/C=C/[C@@H](O)COc4ccccc4)[C@H](O)C[C@@H]3OC2)c1. The zero-order chi connectivity index (χ0) is 23.9. The molecular formula is C28H34O6. The molecule has 2 aliphatic rings. The van der Waals surface area contributed by atoms with Crippen LogP contribution in [-0.4, -0.2) is 54.3 Å². The molecule has 0 unspecified atom stereocenters. The van der Waals surface area contributed by atoms with Crippen molar-refractivity contribution in [2.24, 2.45) is 11.8 Å². The van der Waals surface area contributed by atoms with Gasteiger partial charge in [-0.2, -0.15) is 0 Å². The van der Waals surface area contributed by atoms with Crippen molar-refractivity contribution in [2.75, 3.05) is 19.8 Å². The van der Waals surface area contributed by atoms with E-state index in [1.165, 1.54) is 0 Å².